The van der Waals surface area contributed by atoms with Gasteiger partial charge in [0, 0.05) is 26.2 Å². The number of anilines is 1. The van der Waals surface area contributed by atoms with E-state index in [1.54, 1.807) is 18.4 Å². The van der Waals surface area contributed by atoms with Crippen molar-refractivity contribution in [3.63, 3.8) is 0 Å². The van der Waals surface area contributed by atoms with Gasteiger partial charge in [-0.05, 0) is 34.5 Å². The van der Waals surface area contributed by atoms with E-state index in [2.05, 4.69) is 35.2 Å². The molecule has 2 heterocycles. The predicted molar refractivity (Wildman–Crippen MR) is 123 cm³/mol. The zero-order valence-corrected chi connectivity index (χ0v) is 17.7. The van der Waals surface area contributed by atoms with Crippen LogP contribution in [0.4, 0.5) is 5.13 Å². The van der Waals surface area contributed by atoms with Gasteiger partial charge in [0.05, 0.1) is 23.7 Å². The number of ether oxygens (including phenoxy) is 1. The van der Waals surface area contributed by atoms with Crippen molar-refractivity contribution in [3.8, 4) is 5.75 Å². The first-order valence-electron chi connectivity index (χ1n) is 10.1. The number of methoxy groups -OCH3 is 1. The van der Waals surface area contributed by atoms with Crippen LogP contribution in [0.1, 0.15) is 5.56 Å². The van der Waals surface area contributed by atoms with E-state index in [-0.39, 0.29) is 5.91 Å². The molecule has 3 aromatic carbocycles. The number of carbonyl (C=O) groups excluding carboxylic acids is 1. The number of benzene rings is 3. The average molecular weight is 418 g/mol. The Morgan fingerprint density at radius 2 is 1.80 bits per heavy atom. The van der Waals surface area contributed by atoms with E-state index in [0.29, 0.717) is 6.42 Å². The second-order valence-corrected chi connectivity index (χ2v) is 8.57. The van der Waals surface area contributed by atoms with Crippen molar-refractivity contribution >= 4 is 43.4 Å². The molecule has 30 heavy (non-hydrogen) atoms. The molecule has 1 amide bonds. The van der Waals surface area contributed by atoms with Crippen LogP contribution in [0.15, 0.2) is 60.7 Å². The lowest BCUT2D eigenvalue weighted by Gasteiger charge is -2.34. The lowest BCUT2D eigenvalue weighted by atomic mass is 10.0. The summed E-state index contributed by atoms with van der Waals surface area (Å²) in [6, 6.07) is 20.5. The molecule has 0 radical (unpaired) electrons. The molecule has 4 aromatic rings. The Morgan fingerprint density at radius 1 is 1.00 bits per heavy atom. The van der Waals surface area contributed by atoms with Gasteiger partial charge in [0.25, 0.3) is 0 Å². The van der Waals surface area contributed by atoms with Gasteiger partial charge in [-0.3, -0.25) is 4.79 Å². The highest BCUT2D eigenvalue weighted by Gasteiger charge is 2.23. The maximum Gasteiger partial charge on any atom is 0.227 e. The van der Waals surface area contributed by atoms with Crippen LogP contribution in [0.25, 0.3) is 21.0 Å². The fraction of sp³-hybridized carbons (Fsp3) is 0.250. The van der Waals surface area contributed by atoms with Gasteiger partial charge < -0.3 is 14.5 Å². The topological polar surface area (TPSA) is 45.7 Å². The molecule has 152 valence electrons. The molecule has 0 unspecified atom stereocenters. The van der Waals surface area contributed by atoms with Gasteiger partial charge in [-0.15, -0.1) is 0 Å². The number of piperazine rings is 1. The molecule has 0 bridgehead atoms. The molecule has 1 aliphatic heterocycles. The Morgan fingerprint density at radius 3 is 2.60 bits per heavy atom. The summed E-state index contributed by atoms with van der Waals surface area (Å²) >= 11 is 1.68. The largest absolute Gasteiger partial charge is 0.497 e. The first kappa shape index (κ1) is 18.9. The molecular weight excluding hydrogens is 394 g/mol. The Balaban J connectivity index is 1.23. The fourth-order valence-electron chi connectivity index (χ4n) is 3.94. The van der Waals surface area contributed by atoms with Crippen molar-refractivity contribution in [2.24, 2.45) is 0 Å². The standard InChI is InChI=1S/C24H23N3O2S/c1-29-20-8-9-21-22(16-20)30-24(25-21)27-12-10-26(11-13-27)23(28)15-17-6-7-18-4-2-3-5-19(18)14-17/h2-9,14,16H,10-13,15H2,1H3. The second kappa shape index (κ2) is 7.95. The van der Waals surface area contributed by atoms with E-state index >= 15 is 0 Å². The van der Waals surface area contributed by atoms with Crippen molar-refractivity contribution < 1.29 is 9.53 Å². The summed E-state index contributed by atoms with van der Waals surface area (Å²) in [6.45, 7) is 3.07. The minimum atomic E-state index is 0.193. The van der Waals surface area contributed by atoms with Crippen LogP contribution in [0, 0.1) is 0 Å². The Labute approximate surface area is 179 Å². The molecule has 0 N–H and O–H groups in total. The first-order chi connectivity index (χ1) is 14.7. The van der Waals surface area contributed by atoms with Gasteiger partial charge in [0.15, 0.2) is 5.13 Å². The number of aromatic nitrogens is 1. The Bertz CT molecular complexity index is 1210. The number of carbonyl (C=O) groups is 1. The third-order valence-electron chi connectivity index (χ3n) is 5.66. The van der Waals surface area contributed by atoms with Crippen molar-refractivity contribution in [2.45, 2.75) is 6.42 Å². The number of fused-ring (bicyclic) bond motifs is 2. The third-order valence-corrected chi connectivity index (χ3v) is 6.74. The van der Waals surface area contributed by atoms with E-state index in [1.807, 2.05) is 35.2 Å². The van der Waals surface area contributed by atoms with E-state index in [4.69, 9.17) is 9.72 Å². The van der Waals surface area contributed by atoms with E-state index in [9.17, 15) is 4.79 Å². The van der Waals surface area contributed by atoms with Gasteiger partial charge in [0.2, 0.25) is 5.91 Å². The van der Waals surface area contributed by atoms with Crippen molar-refractivity contribution in [1.82, 2.24) is 9.88 Å². The Hall–Kier alpha value is -3.12. The molecule has 5 rings (SSSR count). The molecule has 0 atom stereocenters. The maximum absolute atomic E-state index is 12.8. The number of thiazole rings is 1. The summed E-state index contributed by atoms with van der Waals surface area (Å²) < 4.78 is 6.44. The molecule has 1 aliphatic rings. The summed E-state index contributed by atoms with van der Waals surface area (Å²) in [5, 5.41) is 3.40. The summed E-state index contributed by atoms with van der Waals surface area (Å²) in [5.74, 6) is 1.04. The van der Waals surface area contributed by atoms with Crippen molar-refractivity contribution in [2.75, 3.05) is 38.2 Å². The number of amides is 1. The molecular formula is C24H23N3O2S. The molecule has 1 fully saturated rings. The zero-order valence-electron chi connectivity index (χ0n) is 16.9. The lowest BCUT2D eigenvalue weighted by Crippen LogP contribution is -2.49. The number of rotatable bonds is 4. The lowest BCUT2D eigenvalue weighted by molar-refractivity contribution is -0.130. The van der Waals surface area contributed by atoms with Crippen molar-refractivity contribution in [1.29, 1.82) is 0 Å². The summed E-state index contributed by atoms with van der Waals surface area (Å²) in [6.07, 6.45) is 0.450. The zero-order chi connectivity index (χ0) is 20.5. The van der Waals surface area contributed by atoms with Crippen LogP contribution in [0.2, 0.25) is 0 Å². The minimum absolute atomic E-state index is 0.193. The summed E-state index contributed by atoms with van der Waals surface area (Å²) in [4.78, 5) is 21.9. The van der Waals surface area contributed by atoms with E-state index < -0.39 is 0 Å². The molecule has 6 heteroatoms. The molecule has 0 saturated carbocycles. The van der Waals surface area contributed by atoms with Crippen LogP contribution in [-0.2, 0) is 11.2 Å². The van der Waals surface area contributed by atoms with Crippen LogP contribution in [-0.4, -0.2) is 49.1 Å². The third kappa shape index (κ3) is 3.71. The summed E-state index contributed by atoms with van der Waals surface area (Å²) in [7, 11) is 1.68. The van der Waals surface area contributed by atoms with Gasteiger partial charge in [-0.2, -0.15) is 0 Å². The SMILES string of the molecule is COc1ccc2nc(N3CCN(C(=O)Cc4ccc5ccccc5c4)CC3)sc2c1. The minimum Gasteiger partial charge on any atom is -0.497 e. The number of hydrogen-bond donors (Lipinski definition) is 0. The molecule has 5 nitrogen and oxygen atoms in total. The number of hydrogen-bond acceptors (Lipinski definition) is 5. The monoisotopic (exact) mass is 417 g/mol. The highest BCUT2D eigenvalue weighted by Crippen LogP contribution is 2.32. The molecule has 0 spiro atoms. The second-order valence-electron chi connectivity index (χ2n) is 7.56. The highest BCUT2D eigenvalue weighted by atomic mass is 32.1. The maximum atomic E-state index is 12.8. The summed E-state index contributed by atoms with van der Waals surface area (Å²) in [5.41, 5.74) is 2.06. The average Bonchev–Trinajstić information content (AvgIpc) is 3.22. The predicted octanol–water partition coefficient (Wildman–Crippen LogP) is 4.35. The van der Waals surface area contributed by atoms with Gasteiger partial charge in [-0.1, -0.05) is 53.8 Å². The van der Waals surface area contributed by atoms with Gasteiger partial charge >= 0.3 is 0 Å². The molecule has 0 aliphatic carbocycles. The van der Waals surface area contributed by atoms with Crippen LogP contribution < -0.4 is 9.64 Å². The van der Waals surface area contributed by atoms with Gasteiger partial charge in [-0.25, -0.2) is 4.98 Å². The van der Waals surface area contributed by atoms with E-state index in [1.165, 1.54) is 10.8 Å². The van der Waals surface area contributed by atoms with Gasteiger partial charge in [0.1, 0.15) is 5.75 Å². The fourth-order valence-corrected chi connectivity index (χ4v) is 4.98. The normalized spacial score (nSPS) is 14.4. The van der Waals surface area contributed by atoms with Crippen molar-refractivity contribution in [3.05, 3.63) is 66.2 Å². The smallest absolute Gasteiger partial charge is 0.227 e. The van der Waals surface area contributed by atoms with E-state index in [0.717, 1.165) is 52.8 Å². The quantitative estimate of drug-likeness (QED) is 0.495. The van der Waals surface area contributed by atoms with Crippen LogP contribution in [0.3, 0.4) is 0 Å². The highest BCUT2D eigenvalue weighted by molar-refractivity contribution is 7.22. The Kier molecular flexibility index (Phi) is 5.01. The van der Waals surface area contributed by atoms with Crippen LogP contribution in [0.5, 0.6) is 5.75 Å². The molecule has 1 aromatic heterocycles. The number of nitrogens with zero attached hydrogens (tertiary/aromatic N) is 3. The first-order valence-corrected chi connectivity index (χ1v) is 11.0. The molecule has 1 saturated heterocycles. The van der Waals surface area contributed by atoms with Crippen LogP contribution >= 0.6 is 11.3 Å².